The first-order valence-electron chi connectivity index (χ1n) is 7.38. The van der Waals surface area contributed by atoms with Crippen LogP contribution in [0.2, 0.25) is 5.02 Å². The van der Waals surface area contributed by atoms with Crippen molar-refractivity contribution in [3.63, 3.8) is 0 Å². The molecule has 4 heteroatoms. The number of hydrogen-bond acceptors (Lipinski definition) is 2. The van der Waals surface area contributed by atoms with Crippen molar-refractivity contribution in [2.75, 3.05) is 0 Å². The highest BCUT2D eigenvalue weighted by Crippen LogP contribution is 2.26. The Morgan fingerprint density at radius 2 is 1.74 bits per heavy atom. The lowest BCUT2D eigenvalue weighted by atomic mass is 10.0. The molecule has 0 aliphatic rings. The zero-order valence-electron chi connectivity index (χ0n) is 12.5. The topological polar surface area (TPSA) is 41.6 Å². The van der Waals surface area contributed by atoms with Crippen molar-refractivity contribution in [3.8, 4) is 22.6 Å². The van der Waals surface area contributed by atoms with Crippen LogP contribution in [-0.2, 0) is 0 Å². The number of imidazole rings is 1. The number of hydrogen-bond donors (Lipinski definition) is 1. The summed E-state index contributed by atoms with van der Waals surface area (Å²) in [4.78, 5) is 12.4. The number of aromatic nitrogens is 3. The molecule has 0 spiro atoms. The van der Waals surface area contributed by atoms with Gasteiger partial charge in [0.05, 0.1) is 16.7 Å². The predicted molar refractivity (Wildman–Crippen MR) is 94.5 cm³/mol. The minimum Gasteiger partial charge on any atom is -0.338 e. The molecule has 0 aliphatic carbocycles. The second-order valence-electron chi connectivity index (χ2n) is 5.49. The van der Waals surface area contributed by atoms with Gasteiger partial charge in [0, 0.05) is 22.3 Å². The van der Waals surface area contributed by atoms with Crippen LogP contribution in [0.5, 0.6) is 0 Å². The predicted octanol–water partition coefficient (Wildman–Crippen LogP) is 5.25. The lowest BCUT2D eigenvalue weighted by molar-refractivity contribution is 1.27. The molecule has 0 unspecified atom stereocenters. The number of halogens is 1. The van der Waals surface area contributed by atoms with Gasteiger partial charge in [-0.3, -0.25) is 4.98 Å². The molecule has 0 fully saturated rings. The fourth-order valence-corrected chi connectivity index (χ4v) is 2.86. The highest BCUT2D eigenvalue weighted by Gasteiger charge is 2.07. The van der Waals surface area contributed by atoms with E-state index in [1.165, 1.54) is 5.56 Å². The fourth-order valence-electron chi connectivity index (χ4n) is 2.69. The smallest absolute Gasteiger partial charge is 0.138 e. The molecule has 1 N–H and O–H groups in total. The van der Waals surface area contributed by atoms with Crippen molar-refractivity contribution < 1.29 is 0 Å². The number of rotatable bonds is 2. The molecule has 0 radical (unpaired) electrons. The summed E-state index contributed by atoms with van der Waals surface area (Å²) in [7, 11) is 0. The Bertz CT molecular complexity index is 987. The fraction of sp³-hybridized carbons (Fsp3) is 0.0526. The average Bonchev–Trinajstić information content (AvgIpc) is 2.98. The molecular weight excluding hydrogens is 306 g/mol. The van der Waals surface area contributed by atoms with E-state index < -0.39 is 0 Å². The Balaban J connectivity index is 1.73. The number of fused-ring (bicyclic) bond motifs is 1. The number of benzene rings is 2. The first kappa shape index (κ1) is 14.0. The zero-order valence-corrected chi connectivity index (χ0v) is 13.3. The maximum Gasteiger partial charge on any atom is 0.138 e. The van der Waals surface area contributed by atoms with Gasteiger partial charge in [0.15, 0.2) is 0 Å². The number of aryl methyl sites for hydroxylation is 1. The van der Waals surface area contributed by atoms with Gasteiger partial charge in [0.25, 0.3) is 0 Å². The van der Waals surface area contributed by atoms with Crippen molar-refractivity contribution in [1.82, 2.24) is 15.0 Å². The van der Waals surface area contributed by atoms with Crippen molar-refractivity contribution in [1.29, 1.82) is 0 Å². The van der Waals surface area contributed by atoms with Gasteiger partial charge in [0.1, 0.15) is 5.82 Å². The van der Waals surface area contributed by atoms with E-state index in [4.69, 9.17) is 11.6 Å². The number of nitrogens with zero attached hydrogens (tertiary/aromatic N) is 2. The molecule has 0 aliphatic heterocycles. The molecule has 0 saturated carbocycles. The molecule has 0 bridgehead atoms. The summed E-state index contributed by atoms with van der Waals surface area (Å²) in [6.07, 6.45) is 1.82. The second-order valence-corrected chi connectivity index (χ2v) is 5.93. The van der Waals surface area contributed by atoms with Gasteiger partial charge in [-0.05, 0) is 36.8 Å². The monoisotopic (exact) mass is 319 g/mol. The number of H-pyrrole nitrogens is 1. The normalized spacial score (nSPS) is 11.0. The number of aromatic amines is 1. The summed E-state index contributed by atoms with van der Waals surface area (Å²) in [6, 6.07) is 17.9. The quantitative estimate of drug-likeness (QED) is 0.548. The molecule has 0 amide bonds. The van der Waals surface area contributed by atoms with Crippen LogP contribution in [0, 0.1) is 6.92 Å². The lowest BCUT2D eigenvalue weighted by Crippen LogP contribution is -1.87. The van der Waals surface area contributed by atoms with E-state index in [9.17, 15) is 0 Å². The SMILES string of the molecule is Cc1cccnc1-c1ccc(-c2nc3ccc(Cl)cc3[nH]2)cc1. The summed E-state index contributed by atoms with van der Waals surface area (Å²) < 4.78 is 0. The molecule has 2 aromatic carbocycles. The third-order valence-corrected chi connectivity index (χ3v) is 4.12. The average molecular weight is 320 g/mol. The highest BCUT2D eigenvalue weighted by atomic mass is 35.5. The molecule has 2 heterocycles. The summed E-state index contributed by atoms with van der Waals surface area (Å²) in [5.41, 5.74) is 6.17. The maximum absolute atomic E-state index is 6.02. The van der Waals surface area contributed by atoms with Gasteiger partial charge < -0.3 is 4.98 Å². The van der Waals surface area contributed by atoms with Gasteiger partial charge in [-0.2, -0.15) is 0 Å². The van der Waals surface area contributed by atoms with E-state index in [2.05, 4.69) is 52.2 Å². The third kappa shape index (κ3) is 2.60. The summed E-state index contributed by atoms with van der Waals surface area (Å²) in [5, 5.41) is 0.702. The minimum atomic E-state index is 0.702. The van der Waals surface area contributed by atoms with E-state index in [-0.39, 0.29) is 0 Å². The molecule has 2 aromatic heterocycles. The molecule has 23 heavy (non-hydrogen) atoms. The van der Waals surface area contributed by atoms with Crippen LogP contribution in [0.15, 0.2) is 60.8 Å². The Hall–Kier alpha value is -2.65. The molecule has 0 atom stereocenters. The van der Waals surface area contributed by atoms with Crippen LogP contribution in [0.1, 0.15) is 5.56 Å². The van der Waals surface area contributed by atoms with E-state index >= 15 is 0 Å². The van der Waals surface area contributed by atoms with Gasteiger partial charge in [-0.25, -0.2) is 4.98 Å². The van der Waals surface area contributed by atoms with Crippen LogP contribution in [0.4, 0.5) is 0 Å². The van der Waals surface area contributed by atoms with Crippen LogP contribution in [0.25, 0.3) is 33.7 Å². The second kappa shape index (κ2) is 5.52. The Labute approximate surface area is 139 Å². The zero-order chi connectivity index (χ0) is 15.8. The van der Waals surface area contributed by atoms with Gasteiger partial charge >= 0.3 is 0 Å². The number of nitrogens with one attached hydrogen (secondary N) is 1. The first-order chi connectivity index (χ1) is 11.2. The number of pyridine rings is 1. The Morgan fingerprint density at radius 3 is 2.52 bits per heavy atom. The maximum atomic E-state index is 6.02. The lowest BCUT2D eigenvalue weighted by Gasteiger charge is -2.05. The van der Waals surface area contributed by atoms with Crippen molar-refractivity contribution in [2.24, 2.45) is 0 Å². The van der Waals surface area contributed by atoms with E-state index in [1.54, 1.807) is 0 Å². The minimum absolute atomic E-state index is 0.702. The third-order valence-electron chi connectivity index (χ3n) is 3.89. The molecule has 4 rings (SSSR count). The van der Waals surface area contributed by atoms with E-state index in [0.29, 0.717) is 5.02 Å². The van der Waals surface area contributed by atoms with Crippen molar-refractivity contribution in [2.45, 2.75) is 6.92 Å². The molecular formula is C19H14ClN3. The van der Waals surface area contributed by atoms with Crippen LogP contribution in [0.3, 0.4) is 0 Å². The Kier molecular flexibility index (Phi) is 3.36. The van der Waals surface area contributed by atoms with Crippen molar-refractivity contribution >= 4 is 22.6 Å². The van der Waals surface area contributed by atoms with E-state index in [1.807, 2.05) is 30.5 Å². The molecule has 4 aromatic rings. The molecule has 0 saturated heterocycles. The largest absolute Gasteiger partial charge is 0.338 e. The van der Waals surface area contributed by atoms with Gasteiger partial charge in [-0.15, -0.1) is 0 Å². The van der Waals surface area contributed by atoms with Crippen LogP contribution >= 0.6 is 11.6 Å². The molecule has 112 valence electrons. The molecule has 3 nitrogen and oxygen atoms in total. The van der Waals surface area contributed by atoms with Crippen LogP contribution in [-0.4, -0.2) is 15.0 Å². The van der Waals surface area contributed by atoms with Crippen molar-refractivity contribution in [3.05, 3.63) is 71.4 Å². The van der Waals surface area contributed by atoms with Gasteiger partial charge in [-0.1, -0.05) is 41.9 Å². The highest BCUT2D eigenvalue weighted by molar-refractivity contribution is 6.31. The first-order valence-corrected chi connectivity index (χ1v) is 7.76. The van der Waals surface area contributed by atoms with Gasteiger partial charge in [0.2, 0.25) is 0 Å². The standard InChI is InChI=1S/C19H14ClN3/c1-12-3-2-10-21-18(12)13-4-6-14(7-5-13)19-22-16-9-8-15(20)11-17(16)23-19/h2-11H,1H3,(H,22,23). The summed E-state index contributed by atoms with van der Waals surface area (Å²) in [6.45, 7) is 2.07. The summed E-state index contributed by atoms with van der Waals surface area (Å²) in [5.74, 6) is 0.839. The van der Waals surface area contributed by atoms with E-state index in [0.717, 1.165) is 33.7 Å². The van der Waals surface area contributed by atoms with Crippen LogP contribution < -0.4 is 0 Å². The Morgan fingerprint density at radius 1 is 0.957 bits per heavy atom. The summed E-state index contributed by atoms with van der Waals surface area (Å²) >= 11 is 6.02.